The molecule has 10 heteroatoms. The van der Waals surface area contributed by atoms with E-state index in [9.17, 15) is 19.2 Å². The Kier molecular flexibility index (Phi) is 6.43. The lowest BCUT2D eigenvalue weighted by Crippen LogP contribution is -2.49. The molecule has 0 saturated heterocycles. The number of halogens is 2. The van der Waals surface area contributed by atoms with Crippen LogP contribution in [0, 0.1) is 23.2 Å². The highest BCUT2D eigenvalue weighted by Crippen LogP contribution is 3.01. The van der Waals surface area contributed by atoms with E-state index in [1.54, 1.807) is 6.07 Å². The van der Waals surface area contributed by atoms with Crippen LogP contribution in [0.2, 0.25) is 0 Å². The van der Waals surface area contributed by atoms with Crippen molar-refractivity contribution in [3.63, 3.8) is 0 Å². The average Bonchev–Trinajstić information content (AvgIpc) is 3.59. The SMILES string of the molecule is CC(=O)Oc1cc2c(c3ccccc13)[C@H](CCl)CN2C(=O)C12CC3(C(=O)N4C[C@@H](CCl)c5c4cc(OC(C)=O)c4ccc(C)cc54)CC13C2. The van der Waals surface area contributed by atoms with E-state index in [1.165, 1.54) is 13.8 Å². The Morgan fingerprint density at radius 3 is 1.67 bits per heavy atom. The summed E-state index contributed by atoms with van der Waals surface area (Å²) in [6.45, 7) is 5.62. The summed E-state index contributed by atoms with van der Waals surface area (Å²) in [6.07, 6.45) is 1.82. The maximum absolute atomic E-state index is 14.6. The number of nitrogens with zero attached hydrogens (tertiary/aromatic N) is 2. The van der Waals surface area contributed by atoms with Gasteiger partial charge in [0.15, 0.2) is 0 Å². The van der Waals surface area contributed by atoms with Gasteiger partial charge in [0.2, 0.25) is 11.8 Å². The summed E-state index contributed by atoms with van der Waals surface area (Å²) >= 11 is 13.1. The number of hydrogen-bond acceptors (Lipinski definition) is 6. The fourth-order valence-electron chi connectivity index (χ4n) is 10.0. The lowest BCUT2D eigenvalue weighted by atomic mass is 9.72. The number of hydrogen-bond donors (Lipinski definition) is 0. The van der Waals surface area contributed by atoms with E-state index in [1.807, 2.05) is 59.2 Å². The van der Waals surface area contributed by atoms with Crippen LogP contribution in [0.15, 0.2) is 54.6 Å². The molecule has 8 nitrogen and oxygen atoms in total. The topological polar surface area (TPSA) is 93.2 Å². The standard InChI is InChI=1S/C39H34Cl2N2O6/c1-20-8-9-26-28(10-20)34-24(14-41)16-43(30(34)12-32(26)49-22(3)45)36(47)38-17-37(18-39(37,38)19-38)35(46)42-15-23(13-40)33-27-7-5-4-6-25(27)31(11-29(33)42)48-21(2)44/h4-12,23-24H,13-19H2,1-3H3/t23-,24-,37?,38?,39?/m1/s1. The van der Waals surface area contributed by atoms with Crippen molar-refractivity contribution >= 4 is 79.9 Å². The normalized spacial score (nSPS) is 28.3. The molecule has 3 fully saturated rings. The highest BCUT2D eigenvalue weighted by molar-refractivity contribution is 6.20. The van der Waals surface area contributed by atoms with Gasteiger partial charge in [0, 0.05) is 78.9 Å². The van der Waals surface area contributed by atoms with Gasteiger partial charge in [0.05, 0.1) is 22.2 Å². The fourth-order valence-corrected chi connectivity index (χ4v) is 10.5. The lowest BCUT2D eigenvalue weighted by molar-refractivity contribution is -0.134. The van der Waals surface area contributed by atoms with Crippen LogP contribution in [-0.2, 0) is 19.2 Å². The third-order valence-corrected chi connectivity index (χ3v) is 12.8. The minimum Gasteiger partial charge on any atom is -0.426 e. The van der Waals surface area contributed by atoms with Crippen LogP contribution in [0.1, 0.15) is 61.6 Å². The summed E-state index contributed by atoms with van der Waals surface area (Å²) in [5.41, 5.74) is 2.93. The molecule has 250 valence electrons. The summed E-state index contributed by atoms with van der Waals surface area (Å²) in [5, 5.41) is 3.47. The zero-order valence-corrected chi connectivity index (χ0v) is 28.9. The molecular formula is C39H34Cl2N2O6. The predicted molar refractivity (Wildman–Crippen MR) is 188 cm³/mol. The number of esters is 2. The van der Waals surface area contributed by atoms with Crippen molar-refractivity contribution in [1.29, 1.82) is 0 Å². The van der Waals surface area contributed by atoms with Gasteiger partial charge in [-0.05, 0) is 48.1 Å². The van der Waals surface area contributed by atoms with Crippen molar-refractivity contribution in [1.82, 2.24) is 0 Å². The molecule has 3 unspecified atom stereocenters. The average molecular weight is 698 g/mol. The molecule has 1 spiro atoms. The molecule has 4 aromatic rings. The number of anilines is 2. The van der Waals surface area contributed by atoms with Gasteiger partial charge in [-0.15, -0.1) is 23.2 Å². The molecule has 2 amide bonds. The van der Waals surface area contributed by atoms with Gasteiger partial charge in [-0.25, -0.2) is 0 Å². The Balaban J connectivity index is 1.05. The summed E-state index contributed by atoms with van der Waals surface area (Å²) in [7, 11) is 0. The maximum Gasteiger partial charge on any atom is 0.308 e. The number of benzene rings is 4. The molecule has 2 aliphatic heterocycles. The number of fused-ring (bicyclic) bond motifs is 6. The van der Waals surface area contributed by atoms with Gasteiger partial charge < -0.3 is 19.3 Å². The summed E-state index contributed by atoms with van der Waals surface area (Å²) < 4.78 is 11.3. The van der Waals surface area contributed by atoms with Gasteiger partial charge >= 0.3 is 11.9 Å². The second kappa shape index (κ2) is 10.2. The number of rotatable bonds is 6. The third kappa shape index (κ3) is 3.93. The van der Waals surface area contributed by atoms with Gasteiger partial charge in [0.1, 0.15) is 11.5 Å². The van der Waals surface area contributed by atoms with Crippen molar-refractivity contribution in [3.8, 4) is 11.5 Å². The van der Waals surface area contributed by atoms with Crippen LogP contribution in [0.25, 0.3) is 21.5 Å². The molecule has 0 N–H and O–H groups in total. The van der Waals surface area contributed by atoms with Crippen molar-refractivity contribution in [2.75, 3.05) is 34.6 Å². The van der Waals surface area contributed by atoms with Gasteiger partial charge in [0.25, 0.3) is 0 Å². The number of aryl methyl sites for hydroxylation is 1. The van der Waals surface area contributed by atoms with E-state index in [0.717, 1.165) is 49.6 Å². The minimum atomic E-state index is -0.606. The predicted octanol–water partition coefficient (Wildman–Crippen LogP) is 7.36. The Morgan fingerprint density at radius 2 is 1.18 bits per heavy atom. The maximum atomic E-state index is 14.6. The van der Waals surface area contributed by atoms with Crippen molar-refractivity contribution < 1.29 is 28.7 Å². The first-order chi connectivity index (χ1) is 23.5. The fraction of sp³-hybridized carbons (Fsp3) is 0.385. The van der Waals surface area contributed by atoms with Crippen molar-refractivity contribution in [3.05, 3.63) is 71.3 Å². The smallest absolute Gasteiger partial charge is 0.308 e. The first-order valence-corrected chi connectivity index (χ1v) is 17.8. The molecule has 3 aliphatic carbocycles. The van der Waals surface area contributed by atoms with E-state index in [2.05, 4.69) is 6.07 Å². The molecule has 4 aromatic carbocycles. The zero-order valence-electron chi connectivity index (χ0n) is 27.4. The molecular weight excluding hydrogens is 663 g/mol. The number of ether oxygens (including phenoxy) is 2. The summed E-state index contributed by atoms with van der Waals surface area (Å²) in [5.74, 6) is 0.537. The highest BCUT2D eigenvalue weighted by Gasteiger charge is 3.01. The molecule has 49 heavy (non-hydrogen) atoms. The van der Waals surface area contributed by atoms with Gasteiger partial charge in [-0.3, -0.25) is 19.2 Å². The quantitative estimate of drug-likeness (QED) is 0.119. The van der Waals surface area contributed by atoms with Crippen molar-refractivity contribution in [2.24, 2.45) is 16.2 Å². The Hall–Kier alpha value is -4.14. The molecule has 0 radical (unpaired) electrons. The van der Waals surface area contributed by atoms with E-state index in [-0.39, 0.29) is 29.1 Å². The monoisotopic (exact) mass is 696 g/mol. The van der Waals surface area contributed by atoms with E-state index in [4.69, 9.17) is 32.7 Å². The van der Waals surface area contributed by atoms with Crippen LogP contribution in [-0.4, -0.2) is 48.6 Å². The van der Waals surface area contributed by atoms with E-state index < -0.39 is 22.8 Å². The first-order valence-electron chi connectivity index (χ1n) is 16.7. The third-order valence-electron chi connectivity index (χ3n) is 12.1. The molecule has 0 bridgehead atoms. The van der Waals surface area contributed by atoms with Gasteiger partial charge in [-0.1, -0.05) is 48.0 Å². The van der Waals surface area contributed by atoms with Crippen LogP contribution < -0.4 is 19.3 Å². The molecule has 0 aromatic heterocycles. The zero-order chi connectivity index (χ0) is 34.2. The van der Waals surface area contributed by atoms with Crippen LogP contribution >= 0.6 is 23.2 Å². The van der Waals surface area contributed by atoms with Crippen LogP contribution in [0.4, 0.5) is 11.4 Å². The highest BCUT2D eigenvalue weighted by atomic mass is 35.5. The van der Waals surface area contributed by atoms with Gasteiger partial charge in [-0.2, -0.15) is 0 Å². The molecule has 5 aliphatic rings. The van der Waals surface area contributed by atoms with Crippen molar-refractivity contribution in [2.45, 2.75) is 51.9 Å². The number of carbonyl (C=O) groups excluding carboxylic acids is 4. The second-order valence-electron chi connectivity index (χ2n) is 14.7. The molecule has 5 atom stereocenters. The largest absolute Gasteiger partial charge is 0.426 e. The molecule has 3 saturated carbocycles. The second-order valence-corrected chi connectivity index (χ2v) is 15.3. The summed E-state index contributed by atoms with van der Waals surface area (Å²) in [4.78, 5) is 57.1. The number of amides is 2. The molecule has 9 rings (SSSR count). The van der Waals surface area contributed by atoms with Crippen LogP contribution in [0.5, 0.6) is 11.5 Å². The van der Waals surface area contributed by atoms with Crippen LogP contribution in [0.3, 0.4) is 0 Å². The Bertz CT molecular complexity index is 2220. The number of carbonyl (C=O) groups is 4. The Morgan fingerprint density at radius 1 is 0.694 bits per heavy atom. The number of alkyl halides is 2. The van der Waals surface area contributed by atoms with E-state index >= 15 is 0 Å². The molecule has 2 heterocycles. The first kappa shape index (κ1) is 30.9. The lowest BCUT2D eigenvalue weighted by Gasteiger charge is -2.37. The Labute approximate surface area is 293 Å². The summed E-state index contributed by atoms with van der Waals surface area (Å²) in [6, 6.07) is 17.3. The minimum absolute atomic E-state index is 0.0189. The van der Waals surface area contributed by atoms with E-state index in [0.29, 0.717) is 55.6 Å².